The van der Waals surface area contributed by atoms with Gasteiger partial charge in [0.05, 0.1) is 0 Å². The van der Waals surface area contributed by atoms with Gasteiger partial charge >= 0.3 is 0 Å². The van der Waals surface area contributed by atoms with Crippen molar-refractivity contribution in [3.8, 4) is 5.75 Å². The molecular formula is C21H24N2O2. The first-order chi connectivity index (χ1) is 12.3. The van der Waals surface area contributed by atoms with Crippen LogP contribution >= 0.6 is 0 Å². The Morgan fingerprint density at radius 2 is 1.72 bits per heavy atom. The zero-order valence-corrected chi connectivity index (χ0v) is 14.5. The van der Waals surface area contributed by atoms with Gasteiger partial charge in [-0.15, -0.1) is 0 Å². The van der Waals surface area contributed by atoms with E-state index < -0.39 is 0 Å². The van der Waals surface area contributed by atoms with Crippen molar-refractivity contribution < 1.29 is 9.53 Å². The summed E-state index contributed by atoms with van der Waals surface area (Å²) < 4.78 is 5.65. The molecule has 2 aliphatic rings. The molecule has 0 unspecified atom stereocenters. The minimum atomic E-state index is -0.130. The highest BCUT2D eigenvalue weighted by molar-refractivity contribution is 5.92. The maximum absolute atomic E-state index is 12.1. The third-order valence-corrected chi connectivity index (χ3v) is 5.06. The van der Waals surface area contributed by atoms with E-state index >= 15 is 0 Å². The predicted molar refractivity (Wildman–Crippen MR) is 100 cm³/mol. The number of carbonyl (C=O) groups is 1. The molecule has 1 N–H and O–H groups in total. The van der Waals surface area contributed by atoms with Crippen LogP contribution in [-0.4, -0.2) is 25.6 Å². The first-order valence-corrected chi connectivity index (χ1v) is 9.17. The third kappa shape index (κ3) is 3.78. The largest absolute Gasteiger partial charge is 0.484 e. The summed E-state index contributed by atoms with van der Waals surface area (Å²) >= 11 is 0. The molecule has 0 saturated carbocycles. The van der Waals surface area contributed by atoms with Crippen molar-refractivity contribution in [1.29, 1.82) is 0 Å². The number of hydrogen-bond donors (Lipinski definition) is 1. The van der Waals surface area contributed by atoms with Crippen molar-refractivity contribution >= 4 is 17.3 Å². The summed E-state index contributed by atoms with van der Waals surface area (Å²) in [6.07, 6.45) is 6.01. The normalized spacial score (nSPS) is 15.9. The highest BCUT2D eigenvalue weighted by atomic mass is 16.5. The monoisotopic (exact) mass is 336 g/mol. The summed E-state index contributed by atoms with van der Waals surface area (Å²) in [6, 6.07) is 14.2. The fourth-order valence-electron chi connectivity index (χ4n) is 3.71. The molecule has 4 heteroatoms. The smallest absolute Gasteiger partial charge is 0.262 e. The Labute approximate surface area is 148 Å². The molecule has 0 radical (unpaired) electrons. The van der Waals surface area contributed by atoms with Gasteiger partial charge in [-0.1, -0.05) is 6.07 Å². The van der Waals surface area contributed by atoms with E-state index in [1.807, 2.05) is 18.2 Å². The Bertz CT molecular complexity index is 749. The number of hydrogen-bond acceptors (Lipinski definition) is 3. The number of carbonyl (C=O) groups excluding carboxylic acids is 1. The Morgan fingerprint density at radius 3 is 2.52 bits per heavy atom. The van der Waals surface area contributed by atoms with Crippen molar-refractivity contribution in [2.45, 2.75) is 32.1 Å². The van der Waals surface area contributed by atoms with Gasteiger partial charge in [-0.05, 0) is 79.6 Å². The molecule has 130 valence electrons. The second kappa shape index (κ2) is 7.18. The van der Waals surface area contributed by atoms with E-state index in [1.54, 1.807) is 0 Å². The SMILES string of the molecule is O=C(COc1ccc2c(c1)CCC2)Nc1ccc(N2CCCC2)cc1. The van der Waals surface area contributed by atoms with Gasteiger partial charge in [-0.2, -0.15) is 0 Å². The molecule has 4 rings (SSSR count). The van der Waals surface area contributed by atoms with Crippen LogP contribution in [0.2, 0.25) is 0 Å². The molecule has 25 heavy (non-hydrogen) atoms. The number of ether oxygens (including phenoxy) is 1. The van der Waals surface area contributed by atoms with Crippen molar-refractivity contribution in [3.05, 3.63) is 53.6 Å². The van der Waals surface area contributed by atoms with Crippen molar-refractivity contribution in [2.24, 2.45) is 0 Å². The lowest BCUT2D eigenvalue weighted by Crippen LogP contribution is -2.20. The molecule has 0 atom stereocenters. The van der Waals surface area contributed by atoms with Crippen LogP contribution in [0.25, 0.3) is 0 Å². The second-order valence-corrected chi connectivity index (χ2v) is 6.86. The van der Waals surface area contributed by atoms with Gasteiger partial charge in [-0.3, -0.25) is 4.79 Å². The lowest BCUT2D eigenvalue weighted by molar-refractivity contribution is -0.118. The van der Waals surface area contributed by atoms with Gasteiger partial charge in [0, 0.05) is 24.5 Å². The topological polar surface area (TPSA) is 41.6 Å². The van der Waals surface area contributed by atoms with E-state index in [9.17, 15) is 4.79 Å². The Hall–Kier alpha value is -2.49. The lowest BCUT2D eigenvalue weighted by atomic mass is 10.1. The highest BCUT2D eigenvalue weighted by Gasteiger charge is 2.13. The van der Waals surface area contributed by atoms with Crippen LogP contribution in [0.15, 0.2) is 42.5 Å². The molecule has 2 aromatic carbocycles. The zero-order chi connectivity index (χ0) is 17.1. The standard InChI is InChI=1S/C21H24N2O2/c24-21(15-25-20-11-6-16-4-3-5-17(16)14-20)22-18-7-9-19(10-8-18)23-12-1-2-13-23/h6-11,14H,1-5,12-13,15H2,(H,22,24). The Kier molecular flexibility index (Phi) is 4.59. The second-order valence-electron chi connectivity index (χ2n) is 6.86. The molecule has 1 amide bonds. The van der Waals surface area contributed by atoms with E-state index in [0.29, 0.717) is 0 Å². The Morgan fingerprint density at radius 1 is 0.960 bits per heavy atom. The highest BCUT2D eigenvalue weighted by Crippen LogP contribution is 2.26. The molecule has 1 fully saturated rings. The first-order valence-electron chi connectivity index (χ1n) is 9.17. The van der Waals surface area contributed by atoms with Gasteiger partial charge < -0.3 is 15.0 Å². The summed E-state index contributed by atoms with van der Waals surface area (Å²) in [4.78, 5) is 14.5. The van der Waals surface area contributed by atoms with Crippen LogP contribution in [0, 0.1) is 0 Å². The van der Waals surface area contributed by atoms with Crippen molar-refractivity contribution in [2.75, 3.05) is 29.9 Å². The zero-order valence-electron chi connectivity index (χ0n) is 14.5. The molecular weight excluding hydrogens is 312 g/mol. The number of amides is 1. The van der Waals surface area contributed by atoms with Gasteiger partial charge in [0.2, 0.25) is 0 Å². The van der Waals surface area contributed by atoms with Crippen molar-refractivity contribution in [1.82, 2.24) is 0 Å². The molecule has 0 spiro atoms. The van der Waals surface area contributed by atoms with E-state index in [1.165, 1.54) is 36.1 Å². The molecule has 2 aromatic rings. The van der Waals surface area contributed by atoms with Gasteiger partial charge in [0.25, 0.3) is 5.91 Å². The van der Waals surface area contributed by atoms with Crippen LogP contribution in [0.3, 0.4) is 0 Å². The van der Waals surface area contributed by atoms with Crippen LogP contribution in [-0.2, 0) is 17.6 Å². The van der Waals surface area contributed by atoms with E-state index in [0.717, 1.165) is 37.4 Å². The lowest BCUT2D eigenvalue weighted by Gasteiger charge is -2.17. The van der Waals surface area contributed by atoms with Gasteiger partial charge in [0.15, 0.2) is 6.61 Å². The number of aryl methyl sites for hydroxylation is 2. The predicted octanol–water partition coefficient (Wildman–Crippen LogP) is 3.79. The molecule has 1 aliphatic carbocycles. The fraction of sp³-hybridized carbons (Fsp3) is 0.381. The molecule has 0 bridgehead atoms. The minimum Gasteiger partial charge on any atom is -0.484 e. The number of fused-ring (bicyclic) bond motifs is 1. The van der Waals surface area contributed by atoms with Crippen LogP contribution in [0.5, 0.6) is 5.75 Å². The Balaban J connectivity index is 1.30. The minimum absolute atomic E-state index is 0.0344. The maximum Gasteiger partial charge on any atom is 0.262 e. The van der Waals surface area contributed by atoms with E-state index in [-0.39, 0.29) is 12.5 Å². The van der Waals surface area contributed by atoms with E-state index in [4.69, 9.17) is 4.74 Å². The van der Waals surface area contributed by atoms with Gasteiger partial charge in [0.1, 0.15) is 5.75 Å². The van der Waals surface area contributed by atoms with Crippen LogP contribution in [0.1, 0.15) is 30.4 Å². The van der Waals surface area contributed by atoms with Crippen molar-refractivity contribution in [3.63, 3.8) is 0 Å². The summed E-state index contributed by atoms with van der Waals surface area (Å²) in [5.74, 6) is 0.648. The third-order valence-electron chi connectivity index (χ3n) is 5.06. The molecule has 1 saturated heterocycles. The number of nitrogens with one attached hydrogen (secondary N) is 1. The first kappa shape index (κ1) is 16.0. The summed E-state index contributed by atoms with van der Waals surface area (Å²) in [5, 5.41) is 2.90. The quantitative estimate of drug-likeness (QED) is 0.903. The fourth-order valence-corrected chi connectivity index (χ4v) is 3.71. The number of nitrogens with zero attached hydrogens (tertiary/aromatic N) is 1. The average Bonchev–Trinajstić information content (AvgIpc) is 3.32. The molecule has 1 heterocycles. The molecule has 0 aromatic heterocycles. The van der Waals surface area contributed by atoms with Crippen LogP contribution in [0.4, 0.5) is 11.4 Å². The van der Waals surface area contributed by atoms with Gasteiger partial charge in [-0.25, -0.2) is 0 Å². The maximum atomic E-state index is 12.1. The summed E-state index contributed by atoms with van der Waals surface area (Å²) in [6.45, 7) is 2.29. The van der Waals surface area contributed by atoms with Crippen LogP contribution < -0.4 is 15.0 Å². The summed E-state index contributed by atoms with van der Waals surface area (Å²) in [7, 11) is 0. The average molecular weight is 336 g/mol. The number of anilines is 2. The number of benzene rings is 2. The number of rotatable bonds is 5. The summed E-state index contributed by atoms with van der Waals surface area (Å²) in [5.41, 5.74) is 4.81. The molecule has 1 aliphatic heterocycles. The van der Waals surface area contributed by atoms with E-state index in [2.05, 4.69) is 34.5 Å². The molecule has 4 nitrogen and oxygen atoms in total.